The van der Waals surface area contributed by atoms with Crippen molar-refractivity contribution in [2.75, 3.05) is 6.61 Å². The summed E-state index contributed by atoms with van der Waals surface area (Å²) in [6.45, 7) is 4.18. The summed E-state index contributed by atoms with van der Waals surface area (Å²) in [5, 5.41) is 14.8. The molecule has 1 aliphatic carbocycles. The maximum atomic E-state index is 11.4. The molecule has 3 N–H and O–H groups in total. The number of aliphatic hydroxyl groups excluding tert-OH is 1. The van der Waals surface area contributed by atoms with Crippen molar-refractivity contribution in [3.05, 3.63) is 0 Å². The first-order valence-corrected chi connectivity index (χ1v) is 5.79. The second-order valence-electron chi connectivity index (χ2n) is 4.67. The van der Waals surface area contributed by atoms with Crippen LogP contribution in [0.2, 0.25) is 0 Å². The Bertz CT molecular complexity index is 199. The number of carbonyl (C=O) groups is 1. The van der Waals surface area contributed by atoms with Crippen LogP contribution in [0.1, 0.15) is 39.5 Å². The fourth-order valence-corrected chi connectivity index (χ4v) is 1.98. The normalized spacial score (nSPS) is 26.4. The van der Waals surface area contributed by atoms with Crippen LogP contribution in [0.15, 0.2) is 0 Å². The van der Waals surface area contributed by atoms with Gasteiger partial charge in [-0.05, 0) is 45.4 Å². The van der Waals surface area contributed by atoms with Gasteiger partial charge in [0.2, 0.25) is 0 Å². The highest BCUT2D eigenvalue weighted by Crippen LogP contribution is 2.23. The molecule has 88 valence electrons. The molecule has 0 spiro atoms. The van der Waals surface area contributed by atoms with E-state index in [1.165, 1.54) is 0 Å². The number of urea groups is 1. The lowest BCUT2D eigenvalue weighted by atomic mass is 9.87. The monoisotopic (exact) mass is 214 g/mol. The zero-order chi connectivity index (χ0) is 11.3. The quantitative estimate of drug-likeness (QED) is 0.662. The van der Waals surface area contributed by atoms with Crippen LogP contribution in [-0.4, -0.2) is 29.8 Å². The predicted octanol–water partition coefficient (Wildman–Crippen LogP) is 1.25. The Hall–Kier alpha value is -0.770. The van der Waals surface area contributed by atoms with Crippen molar-refractivity contribution in [2.24, 2.45) is 5.92 Å². The molecular formula is C11H22N2O2. The average Bonchev–Trinajstić information content (AvgIpc) is 2.17. The van der Waals surface area contributed by atoms with Gasteiger partial charge in [0, 0.05) is 18.7 Å². The van der Waals surface area contributed by atoms with Crippen molar-refractivity contribution in [1.82, 2.24) is 10.6 Å². The first-order chi connectivity index (χ1) is 7.11. The van der Waals surface area contributed by atoms with Gasteiger partial charge in [0.25, 0.3) is 0 Å². The van der Waals surface area contributed by atoms with Gasteiger partial charge in [-0.25, -0.2) is 4.79 Å². The molecule has 0 radical (unpaired) electrons. The molecule has 2 amide bonds. The van der Waals surface area contributed by atoms with Gasteiger partial charge < -0.3 is 15.7 Å². The maximum Gasteiger partial charge on any atom is 0.315 e. The van der Waals surface area contributed by atoms with Crippen LogP contribution in [0, 0.1) is 5.92 Å². The lowest BCUT2D eigenvalue weighted by Crippen LogP contribution is -2.45. The van der Waals surface area contributed by atoms with E-state index < -0.39 is 0 Å². The zero-order valence-electron chi connectivity index (χ0n) is 9.62. The predicted molar refractivity (Wildman–Crippen MR) is 59.6 cm³/mol. The number of carbonyl (C=O) groups excluding carboxylic acids is 1. The molecule has 1 rings (SSSR count). The number of rotatable bonds is 3. The highest BCUT2D eigenvalue weighted by atomic mass is 16.3. The van der Waals surface area contributed by atoms with Crippen LogP contribution in [0.25, 0.3) is 0 Å². The van der Waals surface area contributed by atoms with Crippen molar-refractivity contribution in [3.63, 3.8) is 0 Å². The Morgan fingerprint density at radius 2 is 1.93 bits per heavy atom. The summed E-state index contributed by atoms with van der Waals surface area (Å²) in [7, 11) is 0. The minimum atomic E-state index is -0.0718. The lowest BCUT2D eigenvalue weighted by Gasteiger charge is -2.28. The number of hydrogen-bond donors (Lipinski definition) is 3. The largest absolute Gasteiger partial charge is 0.396 e. The van der Waals surface area contributed by atoms with Crippen LogP contribution >= 0.6 is 0 Å². The summed E-state index contributed by atoms with van der Waals surface area (Å²) in [5.41, 5.74) is 0. The third-order valence-corrected chi connectivity index (χ3v) is 2.86. The van der Waals surface area contributed by atoms with Crippen LogP contribution in [-0.2, 0) is 0 Å². The third kappa shape index (κ3) is 4.51. The van der Waals surface area contributed by atoms with Crippen molar-refractivity contribution in [1.29, 1.82) is 0 Å². The highest BCUT2D eigenvalue weighted by Gasteiger charge is 2.21. The topological polar surface area (TPSA) is 61.4 Å². The summed E-state index contributed by atoms with van der Waals surface area (Å²) >= 11 is 0. The van der Waals surface area contributed by atoms with Gasteiger partial charge in [-0.15, -0.1) is 0 Å². The van der Waals surface area contributed by atoms with E-state index in [1.54, 1.807) is 0 Å². The Morgan fingerprint density at radius 1 is 1.33 bits per heavy atom. The SMILES string of the molecule is CC(C)NC(=O)NC1CCC(CO)CC1. The minimum Gasteiger partial charge on any atom is -0.396 e. The molecule has 0 aliphatic heterocycles. The molecule has 0 bridgehead atoms. The summed E-state index contributed by atoms with van der Waals surface area (Å²) in [5.74, 6) is 0.441. The Morgan fingerprint density at radius 3 is 2.40 bits per heavy atom. The molecule has 0 heterocycles. The number of aliphatic hydroxyl groups is 1. The zero-order valence-corrected chi connectivity index (χ0v) is 9.62. The van der Waals surface area contributed by atoms with E-state index in [-0.39, 0.29) is 24.7 Å². The van der Waals surface area contributed by atoms with Gasteiger partial charge in [-0.3, -0.25) is 0 Å². The molecule has 0 unspecified atom stereocenters. The summed E-state index contributed by atoms with van der Waals surface area (Å²) < 4.78 is 0. The lowest BCUT2D eigenvalue weighted by molar-refractivity contribution is 0.174. The fraction of sp³-hybridized carbons (Fsp3) is 0.909. The van der Waals surface area contributed by atoms with E-state index in [1.807, 2.05) is 13.8 Å². The van der Waals surface area contributed by atoms with Gasteiger partial charge in [-0.2, -0.15) is 0 Å². The number of nitrogens with one attached hydrogen (secondary N) is 2. The molecule has 4 nitrogen and oxygen atoms in total. The Kier molecular flexibility index (Phi) is 4.88. The van der Waals surface area contributed by atoms with Crippen LogP contribution in [0.4, 0.5) is 4.79 Å². The van der Waals surface area contributed by atoms with Gasteiger partial charge in [0.1, 0.15) is 0 Å². The van der Waals surface area contributed by atoms with E-state index in [9.17, 15) is 4.79 Å². The first-order valence-electron chi connectivity index (χ1n) is 5.79. The average molecular weight is 214 g/mol. The van der Waals surface area contributed by atoms with Gasteiger partial charge in [0.05, 0.1) is 0 Å². The van der Waals surface area contributed by atoms with E-state index >= 15 is 0 Å². The molecule has 0 aromatic heterocycles. The third-order valence-electron chi connectivity index (χ3n) is 2.86. The van der Waals surface area contributed by atoms with E-state index in [0.717, 1.165) is 25.7 Å². The van der Waals surface area contributed by atoms with Crippen molar-refractivity contribution in [2.45, 2.75) is 51.6 Å². The second-order valence-corrected chi connectivity index (χ2v) is 4.67. The van der Waals surface area contributed by atoms with E-state index in [2.05, 4.69) is 10.6 Å². The first kappa shape index (κ1) is 12.3. The molecule has 0 saturated heterocycles. The summed E-state index contributed by atoms with van der Waals surface area (Å²) in [6.07, 6.45) is 4.00. The molecule has 4 heteroatoms. The minimum absolute atomic E-state index is 0.0718. The van der Waals surface area contributed by atoms with Gasteiger partial charge in [-0.1, -0.05) is 0 Å². The molecular weight excluding hydrogens is 192 g/mol. The van der Waals surface area contributed by atoms with Gasteiger partial charge >= 0.3 is 6.03 Å². The van der Waals surface area contributed by atoms with E-state index in [4.69, 9.17) is 5.11 Å². The molecule has 1 aliphatic rings. The molecule has 1 saturated carbocycles. The second kappa shape index (κ2) is 5.95. The molecule has 0 atom stereocenters. The number of amides is 2. The van der Waals surface area contributed by atoms with Crippen LogP contribution in [0.3, 0.4) is 0 Å². The van der Waals surface area contributed by atoms with E-state index in [0.29, 0.717) is 5.92 Å². The van der Waals surface area contributed by atoms with Crippen molar-refractivity contribution in [3.8, 4) is 0 Å². The highest BCUT2D eigenvalue weighted by molar-refractivity contribution is 5.74. The molecule has 0 aromatic rings. The van der Waals surface area contributed by atoms with Crippen LogP contribution < -0.4 is 10.6 Å². The van der Waals surface area contributed by atoms with Gasteiger partial charge in [0.15, 0.2) is 0 Å². The van der Waals surface area contributed by atoms with Crippen LogP contribution in [0.5, 0.6) is 0 Å². The summed E-state index contributed by atoms with van der Waals surface area (Å²) in [4.78, 5) is 11.4. The fourth-order valence-electron chi connectivity index (χ4n) is 1.98. The number of hydrogen-bond acceptors (Lipinski definition) is 2. The standard InChI is InChI=1S/C11H22N2O2/c1-8(2)12-11(15)13-10-5-3-9(7-14)4-6-10/h8-10,14H,3-7H2,1-2H3,(H2,12,13,15). The van der Waals surface area contributed by atoms with Crippen molar-refractivity contribution >= 4 is 6.03 Å². The molecule has 15 heavy (non-hydrogen) atoms. The summed E-state index contributed by atoms with van der Waals surface area (Å²) in [6, 6.07) is 0.391. The maximum absolute atomic E-state index is 11.4. The molecule has 0 aromatic carbocycles. The smallest absolute Gasteiger partial charge is 0.315 e. The molecule has 1 fully saturated rings. The Balaban J connectivity index is 2.20. The van der Waals surface area contributed by atoms with Crippen molar-refractivity contribution < 1.29 is 9.90 Å². The Labute approximate surface area is 91.4 Å².